The van der Waals surface area contributed by atoms with Gasteiger partial charge in [0.2, 0.25) is 0 Å². The van der Waals surface area contributed by atoms with E-state index in [-0.39, 0.29) is 11.3 Å². The number of hydrogen-bond acceptors (Lipinski definition) is 5. The molecule has 1 aliphatic carbocycles. The number of anilines is 2. The SMILES string of the molecule is CCOc1ccccc1NC(=O)c1oc2c(c1C)/C(=N\Nc1ccccc1)CC(C)(C)C2. The lowest BCUT2D eigenvalue weighted by molar-refractivity contribution is 0.0992. The molecule has 6 heteroatoms. The van der Waals surface area contributed by atoms with Gasteiger partial charge in [0.15, 0.2) is 5.76 Å². The molecule has 0 saturated carbocycles. The maximum atomic E-state index is 13.1. The molecule has 3 aromatic rings. The summed E-state index contributed by atoms with van der Waals surface area (Å²) in [5.74, 6) is 1.45. The molecule has 1 amide bonds. The van der Waals surface area contributed by atoms with Crippen molar-refractivity contribution in [3.05, 3.63) is 77.2 Å². The number of para-hydroxylation sites is 3. The highest BCUT2D eigenvalue weighted by Gasteiger charge is 2.36. The van der Waals surface area contributed by atoms with Crippen molar-refractivity contribution >= 4 is 23.0 Å². The first-order valence-corrected chi connectivity index (χ1v) is 10.9. The average molecular weight is 432 g/mol. The molecule has 0 saturated heterocycles. The smallest absolute Gasteiger partial charge is 0.291 e. The van der Waals surface area contributed by atoms with Gasteiger partial charge in [0.1, 0.15) is 11.5 Å². The lowest BCUT2D eigenvalue weighted by atomic mass is 9.75. The van der Waals surface area contributed by atoms with Crippen LogP contribution >= 0.6 is 0 Å². The summed E-state index contributed by atoms with van der Waals surface area (Å²) in [6.07, 6.45) is 1.53. The second-order valence-corrected chi connectivity index (χ2v) is 8.79. The van der Waals surface area contributed by atoms with Gasteiger partial charge in [-0.05, 0) is 49.9 Å². The number of ether oxygens (including phenoxy) is 1. The molecule has 0 aliphatic heterocycles. The topological polar surface area (TPSA) is 75.9 Å². The van der Waals surface area contributed by atoms with Gasteiger partial charge in [-0.2, -0.15) is 5.10 Å². The number of fused-ring (bicyclic) bond motifs is 1. The molecule has 0 unspecified atom stereocenters. The summed E-state index contributed by atoms with van der Waals surface area (Å²) in [6, 6.07) is 17.2. The Bertz CT molecular complexity index is 1150. The highest BCUT2D eigenvalue weighted by Crippen LogP contribution is 2.39. The second kappa shape index (κ2) is 8.91. The van der Waals surface area contributed by atoms with Crippen LogP contribution in [0.4, 0.5) is 11.4 Å². The van der Waals surface area contributed by atoms with Gasteiger partial charge < -0.3 is 14.5 Å². The lowest BCUT2D eigenvalue weighted by Crippen LogP contribution is -2.27. The minimum atomic E-state index is -0.294. The van der Waals surface area contributed by atoms with Crippen LogP contribution in [0, 0.1) is 12.3 Å². The zero-order valence-electron chi connectivity index (χ0n) is 19.0. The van der Waals surface area contributed by atoms with E-state index in [0.29, 0.717) is 23.8 Å². The fourth-order valence-corrected chi connectivity index (χ4v) is 4.10. The molecular formula is C26H29N3O3. The van der Waals surface area contributed by atoms with Gasteiger partial charge in [0.25, 0.3) is 5.91 Å². The molecule has 1 aliphatic rings. The quantitative estimate of drug-likeness (QED) is 0.468. The van der Waals surface area contributed by atoms with Crippen LogP contribution < -0.4 is 15.5 Å². The van der Waals surface area contributed by atoms with E-state index in [0.717, 1.165) is 41.1 Å². The van der Waals surface area contributed by atoms with Crippen LogP contribution in [0.25, 0.3) is 0 Å². The first-order valence-electron chi connectivity index (χ1n) is 10.9. The zero-order valence-corrected chi connectivity index (χ0v) is 19.0. The maximum absolute atomic E-state index is 13.1. The van der Waals surface area contributed by atoms with E-state index in [1.807, 2.05) is 68.4 Å². The van der Waals surface area contributed by atoms with Crippen LogP contribution in [0.2, 0.25) is 0 Å². The van der Waals surface area contributed by atoms with Gasteiger partial charge in [-0.3, -0.25) is 10.2 Å². The summed E-state index contributed by atoms with van der Waals surface area (Å²) in [5, 5.41) is 7.64. The number of benzene rings is 2. The third kappa shape index (κ3) is 4.54. The molecule has 1 heterocycles. The number of hydrogen-bond donors (Lipinski definition) is 2. The zero-order chi connectivity index (χ0) is 22.7. The van der Waals surface area contributed by atoms with Crippen molar-refractivity contribution in [1.29, 1.82) is 0 Å². The third-order valence-electron chi connectivity index (χ3n) is 5.53. The van der Waals surface area contributed by atoms with E-state index >= 15 is 0 Å². The van der Waals surface area contributed by atoms with Crippen LogP contribution in [0.1, 0.15) is 54.6 Å². The van der Waals surface area contributed by atoms with Gasteiger partial charge in [-0.15, -0.1) is 0 Å². The number of nitrogens with one attached hydrogen (secondary N) is 2. The minimum absolute atomic E-state index is 0.0240. The van der Waals surface area contributed by atoms with Crippen molar-refractivity contribution in [3.8, 4) is 5.75 Å². The summed E-state index contributed by atoms with van der Waals surface area (Å²) >= 11 is 0. The maximum Gasteiger partial charge on any atom is 0.291 e. The van der Waals surface area contributed by atoms with Crippen molar-refractivity contribution in [2.45, 2.75) is 40.5 Å². The van der Waals surface area contributed by atoms with Crippen molar-refractivity contribution in [2.75, 3.05) is 17.3 Å². The van der Waals surface area contributed by atoms with Gasteiger partial charge in [-0.25, -0.2) is 0 Å². The normalized spacial score (nSPS) is 15.8. The Kier molecular flexibility index (Phi) is 6.04. The van der Waals surface area contributed by atoms with E-state index in [2.05, 4.69) is 24.6 Å². The van der Waals surface area contributed by atoms with E-state index in [9.17, 15) is 4.79 Å². The van der Waals surface area contributed by atoms with Gasteiger partial charge in [0, 0.05) is 17.5 Å². The highest BCUT2D eigenvalue weighted by atomic mass is 16.5. The monoisotopic (exact) mass is 431 g/mol. The van der Waals surface area contributed by atoms with E-state index in [1.165, 1.54) is 0 Å². The van der Waals surface area contributed by atoms with Crippen molar-refractivity contribution < 1.29 is 13.9 Å². The van der Waals surface area contributed by atoms with Crippen molar-refractivity contribution in [1.82, 2.24) is 0 Å². The molecule has 32 heavy (non-hydrogen) atoms. The van der Waals surface area contributed by atoms with Crippen molar-refractivity contribution in [3.63, 3.8) is 0 Å². The summed E-state index contributed by atoms with van der Waals surface area (Å²) in [4.78, 5) is 13.1. The fraction of sp³-hybridized carbons (Fsp3) is 0.308. The van der Waals surface area contributed by atoms with Crippen LogP contribution in [0.5, 0.6) is 5.75 Å². The molecule has 2 N–H and O–H groups in total. The lowest BCUT2D eigenvalue weighted by Gasteiger charge is -2.29. The Morgan fingerprint density at radius 3 is 2.56 bits per heavy atom. The summed E-state index contributed by atoms with van der Waals surface area (Å²) in [6.45, 7) is 8.72. The van der Waals surface area contributed by atoms with Crippen LogP contribution in [-0.2, 0) is 6.42 Å². The molecule has 1 aromatic heterocycles. The van der Waals surface area contributed by atoms with E-state index in [4.69, 9.17) is 14.3 Å². The standard InChI is InChI=1S/C26H29N3O3/c1-5-31-21-14-10-9-13-19(21)27-25(30)24-17(2)23-20(15-26(3,4)16-22(23)32-24)29-28-18-11-7-6-8-12-18/h6-14,28H,5,15-16H2,1-4H3,(H,27,30)/b29-20-. The molecule has 2 aromatic carbocycles. The largest absolute Gasteiger partial charge is 0.492 e. The molecule has 0 spiro atoms. The number of carbonyl (C=O) groups excluding carboxylic acids is 1. The molecule has 0 atom stereocenters. The summed E-state index contributed by atoms with van der Waals surface area (Å²) < 4.78 is 11.8. The number of amides is 1. The highest BCUT2D eigenvalue weighted by molar-refractivity contribution is 6.09. The van der Waals surface area contributed by atoms with Crippen LogP contribution in [-0.4, -0.2) is 18.2 Å². The van der Waals surface area contributed by atoms with E-state index in [1.54, 1.807) is 0 Å². The number of carbonyl (C=O) groups is 1. The second-order valence-electron chi connectivity index (χ2n) is 8.79. The fourth-order valence-electron chi connectivity index (χ4n) is 4.10. The average Bonchev–Trinajstić information content (AvgIpc) is 3.09. The summed E-state index contributed by atoms with van der Waals surface area (Å²) in [5.41, 5.74) is 7.28. The predicted octanol–water partition coefficient (Wildman–Crippen LogP) is 6.03. The molecule has 0 radical (unpaired) electrons. The Morgan fingerprint density at radius 2 is 1.81 bits per heavy atom. The Morgan fingerprint density at radius 1 is 1.09 bits per heavy atom. The first-order chi connectivity index (χ1) is 15.4. The minimum Gasteiger partial charge on any atom is -0.492 e. The first kappa shape index (κ1) is 21.7. The van der Waals surface area contributed by atoms with Crippen molar-refractivity contribution in [2.24, 2.45) is 10.5 Å². The van der Waals surface area contributed by atoms with Gasteiger partial charge >= 0.3 is 0 Å². The Labute approximate surface area is 188 Å². The molecule has 0 bridgehead atoms. The van der Waals surface area contributed by atoms with Gasteiger partial charge in [-0.1, -0.05) is 44.2 Å². The van der Waals surface area contributed by atoms with Crippen LogP contribution in [0.3, 0.4) is 0 Å². The van der Waals surface area contributed by atoms with E-state index < -0.39 is 0 Å². The molecular weight excluding hydrogens is 402 g/mol. The number of nitrogens with zero attached hydrogens (tertiary/aromatic N) is 1. The predicted molar refractivity (Wildman–Crippen MR) is 128 cm³/mol. The summed E-state index contributed by atoms with van der Waals surface area (Å²) in [7, 11) is 0. The molecule has 6 nitrogen and oxygen atoms in total. The third-order valence-corrected chi connectivity index (χ3v) is 5.53. The number of furan rings is 1. The number of hydrazone groups is 1. The van der Waals surface area contributed by atoms with Gasteiger partial charge in [0.05, 0.1) is 23.7 Å². The molecule has 0 fully saturated rings. The molecule has 4 rings (SSSR count). The Balaban J connectivity index is 1.66. The molecule has 166 valence electrons. The Hall–Kier alpha value is -3.54. The van der Waals surface area contributed by atoms with Crippen LogP contribution in [0.15, 0.2) is 64.1 Å². The number of rotatable bonds is 6.